The molecule has 1 saturated heterocycles. The number of nitriles is 1. The third-order valence-electron chi connectivity index (χ3n) is 5.41. The number of hydrogen-bond donors (Lipinski definition) is 1. The fourth-order valence-corrected chi connectivity index (χ4v) is 3.35. The minimum absolute atomic E-state index is 0.330. The number of aromatic nitrogens is 3. The van der Waals surface area contributed by atoms with Crippen LogP contribution in [0.4, 0.5) is 11.6 Å². The molecule has 0 bridgehead atoms. The van der Waals surface area contributed by atoms with Gasteiger partial charge in [-0.1, -0.05) is 5.57 Å². The summed E-state index contributed by atoms with van der Waals surface area (Å²) in [7, 11) is 0. The van der Waals surface area contributed by atoms with E-state index in [0.717, 1.165) is 62.8 Å². The van der Waals surface area contributed by atoms with Crippen LogP contribution in [0.5, 0.6) is 11.8 Å². The van der Waals surface area contributed by atoms with Gasteiger partial charge in [0.05, 0.1) is 18.8 Å². The Bertz CT molecular complexity index is 1020. The summed E-state index contributed by atoms with van der Waals surface area (Å²) in [4.78, 5) is 15.9. The van der Waals surface area contributed by atoms with Gasteiger partial charge in [-0.15, -0.1) is 0 Å². The van der Waals surface area contributed by atoms with Crippen LogP contribution in [0.1, 0.15) is 44.0 Å². The largest absolute Gasteiger partial charge is 0.488 e. The highest BCUT2D eigenvalue weighted by Gasteiger charge is 2.28. The van der Waals surface area contributed by atoms with Crippen LogP contribution in [-0.4, -0.2) is 65.9 Å². The van der Waals surface area contributed by atoms with E-state index in [1.165, 1.54) is 0 Å². The maximum absolute atomic E-state index is 9.40. The topological polar surface area (TPSA) is 105 Å². The van der Waals surface area contributed by atoms with E-state index in [-0.39, 0.29) is 0 Å². The molecule has 0 spiro atoms. The first-order chi connectivity index (χ1) is 16.1. The lowest BCUT2D eigenvalue weighted by Crippen LogP contribution is -2.38. The Hall–Kier alpha value is -3.22. The van der Waals surface area contributed by atoms with Gasteiger partial charge in [-0.25, -0.2) is 0 Å². The molecule has 174 valence electrons. The summed E-state index contributed by atoms with van der Waals surface area (Å²) in [6, 6.07) is 7.82. The van der Waals surface area contributed by atoms with Gasteiger partial charge in [0, 0.05) is 37.3 Å². The highest BCUT2D eigenvalue weighted by molar-refractivity contribution is 5.60. The van der Waals surface area contributed by atoms with Crippen molar-refractivity contribution in [1.29, 1.82) is 5.26 Å². The van der Waals surface area contributed by atoms with Crippen LogP contribution in [-0.2, 0) is 4.74 Å². The number of anilines is 2. The van der Waals surface area contributed by atoms with Crippen LogP contribution in [0.2, 0.25) is 0 Å². The highest BCUT2D eigenvalue weighted by Crippen LogP contribution is 2.38. The van der Waals surface area contributed by atoms with Crippen molar-refractivity contribution in [3.8, 4) is 17.8 Å². The van der Waals surface area contributed by atoms with Gasteiger partial charge in [-0.05, 0) is 44.9 Å². The first-order valence-electron chi connectivity index (χ1n) is 11.4. The number of nitrogens with one attached hydrogen (secondary N) is 1. The molecule has 0 amide bonds. The van der Waals surface area contributed by atoms with Gasteiger partial charge < -0.3 is 19.5 Å². The van der Waals surface area contributed by atoms with Gasteiger partial charge in [0.1, 0.15) is 30.9 Å². The molecule has 1 aliphatic carbocycles. The predicted molar refractivity (Wildman–Crippen MR) is 124 cm³/mol. The Kier molecular flexibility index (Phi) is 7.70. The van der Waals surface area contributed by atoms with Crippen molar-refractivity contribution in [2.75, 3.05) is 51.4 Å². The summed E-state index contributed by atoms with van der Waals surface area (Å²) < 4.78 is 17.1. The number of benzene rings is 1. The second-order valence-corrected chi connectivity index (χ2v) is 8.42. The number of nitrogens with zero attached hydrogens (tertiary/aromatic N) is 5. The second-order valence-electron chi connectivity index (χ2n) is 8.42. The van der Waals surface area contributed by atoms with Crippen LogP contribution in [0, 0.1) is 11.3 Å². The fourth-order valence-electron chi connectivity index (χ4n) is 3.35. The molecule has 33 heavy (non-hydrogen) atoms. The molecule has 2 aliphatic rings. The lowest BCUT2D eigenvalue weighted by molar-refractivity contribution is 0.0317. The Balaban J connectivity index is 1.45. The molecule has 4 rings (SSSR count). The molecular formula is C24H30N6O3. The molecule has 1 aromatic heterocycles. The number of morpholine rings is 1. The van der Waals surface area contributed by atoms with Crippen LogP contribution in [0.25, 0.3) is 0 Å². The lowest BCUT2D eigenvalue weighted by atomic mass is 10.2. The molecular weight excluding hydrogens is 420 g/mol. The first-order valence-corrected chi connectivity index (χ1v) is 11.4. The summed E-state index contributed by atoms with van der Waals surface area (Å²) in [6.45, 7) is 9.07. The van der Waals surface area contributed by atoms with E-state index in [2.05, 4.69) is 31.2 Å². The molecule has 1 saturated carbocycles. The molecule has 1 aliphatic heterocycles. The van der Waals surface area contributed by atoms with Crippen LogP contribution >= 0.6 is 0 Å². The Morgan fingerprint density at radius 2 is 2.03 bits per heavy atom. The second kappa shape index (κ2) is 11.1. The van der Waals surface area contributed by atoms with E-state index in [0.29, 0.717) is 42.4 Å². The van der Waals surface area contributed by atoms with Gasteiger partial charge in [0.15, 0.2) is 0 Å². The smallest absolute Gasteiger partial charge is 0.321 e. The number of hydrogen-bond acceptors (Lipinski definition) is 9. The first kappa shape index (κ1) is 23.0. The van der Waals surface area contributed by atoms with Crippen molar-refractivity contribution in [1.82, 2.24) is 19.9 Å². The van der Waals surface area contributed by atoms with Crippen molar-refractivity contribution in [3.05, 3.63) is 41.2 Å². The fraction of sp³-hybridized carbons (Fsp3) is 0.500. The zero-order chi connectivity index (χ0) is 23.0. The zero-order valence-electron chi connectivity index (χ0n) is 19.2. The van der Waals surface area contributed by atoms with E-state index in [9.17, 15) is 5.26 Å². The average Bonchev–Trinajstić information content (AvgIpc) is 3.65. The minimum Gasteiger partial charge on any atom is -0.488 e. The van der Waals surface area contributed by atoms with Crippen molar-refractivity contribution >= 4 is 11.6 Å². The van der Waals surface area contributed by atoms with E-state index >= 15 is 0 Å². The summed E-state index contributed by atoms with van der Waals surface area (Å²) in [6.07, 6.45) is 4.13. The van der Waals surface area contributed by atoms with Crippen LogP contribution in [0.3, 0.4) is 0 Å². The summed E-state index contributed by atoms with van der Waals surface area (Å²) in [5, 5.41) is 12.6. The SMILES string of the molecule is CC(C)=CCOc1cc(Nc2nc(OCCN3CCOCC3)nc(C3CC3)n2)ccc1C#N. The number of rotatable bonds is 10. The number of allylic oxidation sites excluding steroid dienone is 1. The zero-order valence-corrected chi connectivity index (χ0v) is 19.2. The predicted octanol–water partition coefficient (Wildman–Crippen LogP) is 3.42. The maximum atomic E-state index is 9.40. The van der Waals surface area contributed by atoms with Crippen LogP contribution < -0.4 is 14.8 Å². The van der Waals surface area contributed by atoms with Gasteiger partial charge in [-0.2, -0.15) is 20.2 Å². The van der Waals surface area contributed by atoms with Gasteiger partial charge in [-0.3, -0.25) is 4.90 Å². The van der Waals surface area contributed by atoms with Gasteiger partial charge in [0.2, 0.25) is 5.95 Å². The molecule has 1 aromatic carbocycles. The van der Waals surface area contributed by atoms with Gasteiger partial charge in [0.25, 0.3) is 0 Å². The standard InChI is InChI=1S/C24H30N6O3/c1-17(2)7-11-32-21-15-20(6-5-19(21)16-25)26-23-27-22(18-3-4-18)28-24(29-23)33-14-10-30-8-12-31-13-9-30/h5-7,15,18H,3-4,8-14H2,1-2H3,(H,26,27,28,29). The molecule has 2 heterocycles. The molecule has 9 heteroatoms. The Labute approximate surface area is 194 Å². The monoisotopic (exact) mass is 450 g/mol. The summed E-state index contributed by atoms with van der Waals surface area (Å²) in [5.74, 6) is 2.05. The Morgan fingerprint density at radius 1 is 1.21 bits per heavy atom. The third kappa shape index (κ3) is 6.88. The molecule has 9 nitrogen and oxygen atoms in total. The van der Waals surface area contributed by atoms with E-state index in [4.69, 9.17) is 14.2 Å². The van der Waals surface area contributed by atoms with Crippen molar-refractivity contribution in [2.24, 2.45) is 0 Å². The molecule has 0 unspecified atom stereocenters. The maximum Gasteiger partial charge on any atom is 0.321 e. The molecule has 1 N–H and O–H groups in total. The van der Waals surface area contributed by atoms with Gasteiger partial charge >= 0.3 is 6.01 Å². The molecule has 0 radical (unpaired) electrons. The van der Waals surface area contributed by atoms with Crippen LogP contribution in [0.15, 0.2) is 29.8 Å². The van der Waals surface area contributed by atoms with E-state index in [1.807, 2.05) is 26.0 Å². The normalized spacial score (nSPS) is 16.0. The van der Waals surface area contributed by atoms with Crippen molar-refractivity contribution in [3.63, 3.8) is 0 Å². The molecule has 2 fully saturated rings. The van der Waals surface area contributed by atoms with E-state index < -0.39 is 0 Å². The lowest BCUT2D eigenvalue weighted by Gasteiger charge is -2.26. The highest BCUT2D eigenvalue weighted by atomic mass is 16.5. The Morgan fingerprint density at radius 3 is 2.76 bits per heavy atom. The van der Waals surface area contributed by atoms with Crippen molar-refractivity contribution < 1.29 is 14.2 Å². The summed E-state index contributed by atoms with van der Waals surface area (Å²) in [5.41, 5.74) is 2.36. The number of ether oxygens (including phenoxy) is 3. The van der Waals surface area contributed by atoms with Crippen molar-refractivity contribution in [2.45, 2.75) is 32.6 Å². The summed E-state index contributed by atoms with van der Waals surface area (Å²) >= 11 is 0. The minimum atomic E-state index is 0.330. The molecule has 2 aromatic rings. The molecule has 0 atom stereocenters. The average molecular weight is 451 g/mol. The third-order valence-corrected chi connectivity index (χ3v) is 5.41. The van der Waals surface area contributed by atoms with E-state index in [1.54, 1.807) is 12.1 Å². The quantitative estimate of drug-likeness (QED) is 0.545.